The zero-order chi connectivity index (χ0) is 36.7. The van der Waals surface area contributed by atoms with Crippen LogP contribution in [0.3, 0.4) is 0 Å². The highest BCUT2D eigenvalue weighted by atomic mass is 15.0. The van der Waals surface area contributed by atoms with Crippen molar-refractivity contribution in [3.05, 3.63) is 194 Å². The molecule has 0 saturated heterocycles. The van der Waals surface area contributed by atoms with Gasteiger partial charge in [0.25, 0.3) is 0 Å². The lowest BCUT2D eigenvalue weighted by atomic mass is 10.0. The minimum absolute atomic E-state index is 0.702. The van der Waals surface area contributed by atoms with Crippen LogP contribution in [0.2, 0.25) is 0 Å². The average molecular weight is 713 g/mol. The maximum Gasteiger partial charge on any atom is 0.160 e. The number of fused-ring (bicyclic) bond motifs is 9. The van der Waals surface area contributed by atoms with E-state index in [0.717, 1.165) is 44.6 Å². The van der Waals surface area contributed by atoms with E-state index in [4.69, 9.17) is 9.97 Å². The van der Waals surface area contributed by atoms with Crippen LogP contribution >= 0.6 is 0 Å². The molecule has 0 amide bonds. The lowest BCUT2D eigenvalue weighted by molar-refractivity contribution is 1.17. The fraction of sp³-hybridized carbons (Fsp3) is 0. The number of hydrogen-bond donors (Lipinski definition) is 0. The van der Waals surface area contributed by atoms with Crippen molar-refractivity contribution in [1.29, 1.82) is 0 Å². The van der Waals surface area contributed by atoms with Crippen molar-refractivity contribution in [2.24, 2.45) is 0 Å². The second-order valence-electron chi connectivity index (χ2n) is 14.6. The smallest absolute Gasteiger partial charge is 0.160 e. The molecule has 12 aromatic rings. The molecule has 56 heavy (non-hydrogen) atoms. The number of rotatable bonds is 4. The molecule has 260 valence electrons. The Labute approximate surface area is 322 Å². The maximum atomic E-state index is 5.35. The van der Waals surface area contributed by atoms with Crippen molar-refractivity contribution in [2.45, 2.75) is 0 Å². The molecule has 0 N–H and O–H groups in total. The molecule has 0 saturated carbocycles. The minimum Gasteiger partial charge on any atom is -0.309 e. The highest BCUT2D eigenvalue weighted by Crippen LogP contribution is 2.39. The van der Waals surface area contributed by atoms with Gasteiger partial charge in [-0.05, 0) is 100 Å². The molecular weight excluding hydrogens is 681 g/mol. The van der Waals surface area contributed by atoms with Gasteiger partial charge in [-0.3, -0.25) is 0 Å². The first-order valence-corrected chi connectivity index (χ1v) is 19.1. The normalized spacial score (nSPS) is 11.9. The summed E-state index contributed by atoms with van der Waals surface area (Å²) >= 11 is 0. The maximum absolute atomic E-state index is 5.35. The van der Waals surface area contributed by atoms with Crippen molar-refractivity contribution < 1.29 is 0 Å². The van der Waals surface area contributed by atoms with Gasteiger partial charge in [0.15, 0.2) is 5.82 Å². The Morgan fingerprint density at radius 1 is 0.304 bits per heavy atom. The Hall–Kier alpha value is -7.56. The first-order valence-electron chi connectivity index (χ1n) is 19.1. The summed E-state index contributed by atoms with van der Waals surface area (Å²) in [6.45, 7) is 0. The summed E-state index contributed by atoms with van der Waals surface area (Å²) in [5.74, 6) is 0.702. The van der Waals surface area contributed by atoms with E-state index in [1.165, 1.54) is 59.6 Å². The lowest BCUT2D eigenvalue weighted by Crippen LogP contribution is -1.97. The van der Waals surface area contributed by atoms with E-state index in [1.54, 1.807) is 0 Å². The molecule has 4 nitrogen and oxygen atoms in total. The quantitative estimate of drug-likeness (QED) is 0.182. The van der Waals surface area contributed by atoms with Gasteiger partial charge in [0.05, 0.1) is 33.3 Å². The lowest BCUT2D eigenvalue weighted by Gasteiger charge is -2.12. The van der Waals surface area contributed by atoms with Crippen LogP contribution < -0.4 is 0 Å². The Morgan fingerprint density at radius 2 is 0.804 bits per heavy atom. The van der Waals surface area contributed by atoms with Crippen LogP contribution in [0.15, 0.2) is 194 Å². The third-order valence-corrected chi connectivity index (χ3v) is 11.4. The molecule has 3 heterocycles. The molecule has 0 aliphatic heterocycles. The molecule has 0 radical (unpaired) electrons. The molecule has 9 aromatic carbocycles. The number of hydrogen-bond acceptors (Lipinski definition) is 2. The van der Waals surface area contributed by atoms with E-state index >= 15 is 0 Å². The van der Waals surface area contributed by atoms with Crippen LogP contribution in [-0.2, 0) is 0 Å². The van der Waals surface area contributed by atoms with Gasteiger partial charge in [0.2, 0.25) is 0 Å². The zero-order valence-electron chi connectivity index (χ0n) is 30.3. The zero-order valence-corrected chi connectivity index (χ0v) is 30.3. The molecular formula is C52H32N4. The van der Waals surface area contributed by atoms with Crippen LogP contribution in [0, 0.1) is 0 Å². The van der Waals surface area contributed by atoms with E-state index in [2.05, 4.69) is 203 Å². The van der Waals surface area contributed by atoms with Crippen molar-refractivity contribution in [3.63, 3.8) is 0 Å². The predicted octanol–water partition coefficient (Wildman–Crippen LogP) is 13.5. The average Bonchev–Trinajstić information content (AvgIpc) is 3.75. The number of aromatic nitrogens is 4. The SMILES string of the molecule is c1ccc(-n2c3cc(-c4nc(-c5ccc(-n6c7ccccc7c7cc8ccccc8cc76)cc5)nc5ccccc45)ccc3c3cc4ccccc4cc32)cc1. The van der Waals surface area contributed by atoms with Gasteiger partial charge in [0.1, 0.15) is 0 Å². The van der Waals surface area contributed by atoms with Crippen LogP contribution in [0.1, 0.15) is 0 Å². The molecule has 0 aliphatic rings. The molecule has 3 aromatic heterocycles. The van der Waals surface area contributed by atoms with Gasteiger partial charge in [-0.25, -0.2) is 9.97 Å². The summed E-state index contributed by atoms with van der Waals surface area (Å²) in [6, 6.07) is 69.7. The summed E-state index contributed by atoms with van der Waals surface area (Å²) in [6.07, 6.45) is 0. The Bertz CT molecular complexity index is 3520. The summed E-state index contributed by atoms with van der Waals surface area (Å²) in [5.41, 5.74) is 10.8. The molecule has 12 rings (SSSR count). The molecule has 0 unspecified atom stereocenters. The standard InChI is InChI=1S/C52H32N4/c1-2-16-39(17-3-1)56-48-32-38(24-27-42(48)45-29-35-13-5-7-15-37(35)31-50(45)56)51-43-19-8-10-20-46(43)53-52(54-51)33-22-25-40(26-23-33)55-47-21-11-9-18-41(47)44-28-34-12-4-6-14-36(34)30-49(44)55/h1-32H. The van der Waals surface area contributed by atoms with E-state index < -0.39 is 0 Å². The number of para-hydroxylation sites is 3. The molecule has 0 aliphatic carbocycles. The van der Waals surface area contributed by atoms with Crippen molar-refractivity contribution >= 4 is 76.1 Å². The third kappa shape index (κ3) is 4.66. The van der Waals surface area contributed by atoms with Gasteiger partial charge < -0.3 is 9.13 Å². The summed E-state index contributed by atoms with van der Waals surface area (Å²) in [4.78, 5) is 10.5. The van der Waals surface area contributed by atoms with Gasteiger partial charge in [-0.2, -0.15) is 0 Å². The van der Waals surface area contributed by atoms with E-state index in [-0.39, 0.29) is 0 Å². The van der Waals surface area contributed by atoms with Gasteiger partial charge >= 0.3 is 0 Å². The van der Waals surface area contributed by atoms with Crippen LogP contribution in [-0.4, -0.2) is 19.1 Å². The fourth-order valence-corrected chi connectivity index (χ4v) is 8.82. The predicted molar refractivity (Wildman–Crippen MR) is 234 cm³/mol. The van der Waals surface area contributed by atoms with Gasteiger partial charge in [-0.15, -0.1) is 0 Å². The summed E-state index contributed by atoms with van der Waals surface area (Å²) < 4.78 is 4.76. The first-order chi connectivity index (χ1) is 27.7. The van der Waals surface area contributed by atoms with E-state index in [1.807, 2.05) is 0 Å². The molecule has 4 heteroatoms. The first kappa shape index (κ1) is 30.9. The number of benzene rings is 9. The topological polar surface area (TPSA) is 35.6 Å². The molecule has 0 atom stereocenters. The third-order valence-electron chi connectivity index (χ3n) is 11.4. The van der Waals surface area contributed by atoms with Gasteiger partial charge in [0, 0.05) is 49.4 Å². The van der Waals surface area contributed by atoms with Crippen molar-refractivity contribution in [1.82, 2.24) is 19.1 Å². The Balaban J connectivity index is 1.03. The fourth-order valence-electron chi connectivity index (χ4n) is 8.82. The van der Waals surface area contributed by atoms with Crippen LogP contribution in [0.25, 0.3) is 110 Å². The van der Waals surface area contributed by atoms with E-state index in [0.29, 0.717) is 5.82 Å². The van der Waals surface area contributed by atoms with Gasteiger partial charge in [-0.1, -0.05) is 115 Å². The number of nitrogens with zero attached hydrogens (tertiary/aromatic N) is 4. The second kappa shape index (κ2) is 12.0. The molecule has 0 bridgehead atoms. The minimum atomic E-state index is 0.702. The Kier molecular flexibility index (Phi) is 6.60. The largest absolute Gasteiger partial charge is 0.309 e. The second-order valence-corrected chi connectivity index (χ2v) is 14.6. The Morgan fingerprint density at radius 3 is 1.50 bits per heavy atom. The highest BCUT2D eigenvalue weighted by Gasteiger charge is 2.18. The summed E-state index contributed by atoms with van der Waals surface area (Å²) in [7, 11) is 0. The molecule has 0 fully saturated rings. The van der Waals surface area contributed by atoms with Crippen LogP contribution in [0.4, 0.5) is 0 Å². The summed E-state index contributed by atoms with van der Waals surface area (Å²) in [5, 5.41) is 10.9. The van der Waals surface area contributed by atoms with E-state index in [9.17, 15) is 0 Å². The molecule has 0 spiro atoms. The van der Waals surface area contributed by atoms with Crippen molar-refractivity contribution in [2.75, 3.05) is 0 Å². The highest BCUT2D eigenvalue weighted by molar-refractivity contribution is 6.15. The van der Waals surface area contributed by atoms with Crippen molar-refractivity contribution in [3.8, 4) is 34.0 Å². The van der Waals surface area contributed by atoms with Crippen LogP contribution in [0.5, 0.6) is 0 Å². The monoisotopic (exact) mass is 712 g/mol.